The summed E-state index contributed by atoms with van der Waals surface area (Å²) >= 11 is 0. The van der Waals surface area contributed by atoms with Crippen LogP contribution in [0, 0.1) is 45.8 Å². The van der Waals surface area contributed by atoms with E-state index in [-0.39, 0.29) is 22.5 Å². The van der Waals surface area contributed by atoms with E-state index in [0.29, 0.717) is 11.8 Å². The van der Waals surface area contributed by atoms with Gasteiger partial charge in [-0.25, -0.2) is 0 Å². The van der Waals surface area contributed by atoms with Gasteiger partial charge in [0.25, 0.3) is 0 Å². The quantitative estimate of drug-likeness (QED) is 0.663. The number of fused-ring (bicyclic) bond motifs is 5. The molecule has 4 rings (SSSR count). The van der Waals surface area contributed by atoms with Crippen LogP contribution in [0.3, 0.4) is 0 Å². The Bertz CT molecular complexity index is 624. The van der Waals surface area contributed by atoms with Gasteiger partial charge in [-0.2, -0.15) is 5.26 Å². The number of hydrogen-bond acceptors (Lipinski definition) is 2. The highest BCUT2D eigenvalue weighted by Gasteiger charge is 2.58. The molecule has 116 valence electrons. The van der Waals surface area contributed by atoms with Crippen molar-refractivity contribution in [1.82, 2.24) is 0 Å². The molecule has 4 aliphatic carbocycles. The molecular weight excluding hydrogens is 270 g/mol. The molecule has 0 amide bonds. The third-order valence-corrected chi connectivity index (χ3v) is 7.71. The Morgan fingerprint density at radius 3 is 2.77 bits per heavy atom. The Labute approximate surface area is 133 Å². The van der Waals surface area contributed by atoms with Gasteiger partial charge in [-0.3, -0.25) is 4.79 Å². The Balaban J connectivity index is 1.70. The average Bonchev–Trinajstić information content (AvgIpc) is 2.84. The number of nitriles is 1. The first-order chi connectivity index (χ1) is 10.5. The number of carbonyl (C=O) groups excluding carboxylic acids is 1. The van der Waals surface area contributed by atoms with Gasteiger partial charge in [-0.05, 0) is 73.8 Å². The van der Waals surface area contributed by atoms with Crippen molar-refractivity contribution in [2.75, 3.05) is 0 Å². The van der Waals surface area contributed by atoms with Crippen LogP contribution < -0.4 is 0 Å². The molecule has 2 nitrogen and oxygen atoms in total. The highest BCUT2D eigenvalue weighted by Crippen LogP contribution is 2.65. The molecule has 1 unspecified atom stereocenters. The van der Waals surface area contributed by atoms with Gasteiger partial charge in [0, 0.05) is 5.41 Å². The fraction of sp³-hybridized carbons (Fsp3) is 0.700. The van der Waals surface area contributed by atoms with Crippen molar-refractivity contribution in [3.05, 3.63) is 23.8 Å². The summed E-state index contributed by atoms with van der Waals surface area (Å²) in [6, 6.07) is 2.60. The summed E-state index contributed by atoms with van der Waals surface area (Å²) < 4.78 is 0. The van der Waals surface area contributed by atoms with Gasteiger partial charge < -0.3 is 0 Å². The van der Waals surface area contributed by atoms with Crippen molar-refractivity contribution in [2.45, 2.75) is 52.4 Å². The lowest BCUT2D eigenvalue weighted by molar-refractivity contribution is -0.111. The van der Waals surface area contributed by atoms with E-state index in [1.807, 2.05) is 6.08 Å². The first-order valence-corrected chi connectivity index (χ1v) is 8.83. The predicted molar refractivity (Wildman–Crippen MR) is 85.7 cm³/mol. The summed E-state index contributed by atoms with van der Waals surface area (Å²) in [7, 11) is 0. The Kier molecular flexibility index (Phi) is 2.96. The molecule has 0 aromatic heterocycles. The monoisotopic (exact) mass is 295 g/mol. The van der Waals surface area contributed by atoms with Gasteiger partial charge >= 0.3 is 0 Å². The van der Waals surface area contributed by atoms with E-state index < -0.39 is 0 Å². The third-order valence-electron chi connectivity index (χ3n) is 7.71. The van der Waals surface area contributed by atoms with Crippen molar-refractivity contribution >= 4 is 5.78 Å². The van der Waals surface area contributed by atoms with E-state index in [1.165, 1.54) is 31.3 Å². The number of rotatable bonds is 0. The van der Waals surface area contributed by atoms with E-state index in [9.17, 15) is 10.1 Å². The highest BCUT2D eigenvalue weighted by atomic mass is 16.1. The molecule has 0 radical (unpaired) electrons. The summed E-state index contributed by atoms with van der Waals surface area (Å²) in [5, 5.41) is 9.53. The summed E-state index contributed by atoms with van der Waals surface area (Å²) in [6.07, 6.45) is 12.9. The molecule has 0 aliphatic heterocycles. The van der Waals surface area contributed by atoms with Gasteiger partial charge in [-0.15, -0.1) is 0 Å². The number of nitrogens with zero attached hydrogens (tertiary/aromatic N) is 1. The normalized spacial score (nSPS) is 49.7. The van der Waals surface area contributed by atoms with Gasteiger partial charge in [0.15, 0.2) is 5.78 Å². The lowest BCUT2D eigenvalue weighted by Crippen LogP contribution is -2.49. The van der Waals surface area contributed by atoms with Crippen molar-refractivity contribution < 1.29 is 4.79 Å². The zero-order valence-electron chi connectivity index (χ0n) is 13.6. The van der Waals surface area contributed by atoms with Crippen molar-refractivity contribution in [3.63, 3.8) is 0 Å². The molecule has 0 N–H and O–H groups in total. The summed E-state index contributed by atoms with van der Waals surface area (Å²) in [4.78, 5) is 11.7. The largest absolute Gasteiger partial charge is 0.290 e. The minimum absolute atomic E-state index is 0.0862. The minimum atomic E-state index is 0.0862. The van der Waals surface area contributed by atoms with Gasteiger partial charge in [0.05, 0.1) is 12.0 Å². The van der Waals surface area contributed by atoms with Crippen molar-refractivity contribution in [3.8, 4) is 6.07 Å². The number of carbonyl (C=O) groups is 1. The second-order valence-corrected chi connectivity index (χ2v) is 8.41. The number of allylic oxidation sites excluding steroid dienone is 4. The fourth-order valence-electron chi connectivity index (χ4n) is 6.41. The zero-order valence-corrected chi connectivity index (χ0v) is 13.6. The van der Waals surface area contributed by atoms with Crippen LogP contribution in [0.15, 0.2) is 23.8 Å². The van der Waals surface area contributed by atoms with E-state index >= 15 is 0 Å². The summed E-state index contributed by atoms with van der Waals surface area (Å²) in [5.41, 5.74) is 1.68. The number of hydrogen-bond donors (Lipinski definition) is 0. The van der Waals surface area contributed by atoms with Crippen LogP contribution in [0.1, 0.15) is 52.4 Å². The summed E-state index contributed by atoms with van der Waals surface area (Å²) in [5.74, 6) is 2.52. The van der Waals surface area contributed by atoms with Crippen LogP contribution in [0.5, 0.6) is 0 Å². The highest BCUT2D eigenvalue weighted by molar-refractivity contribution is 6.01. The molecule has 0 saturated heterocycles. The molecule has 3 saturated carbocycles. The first kappa shape index (κ1) is 14.2. The molecule has 2 heteroatoms. The van der Waals surface area contributed by atoms with Crippen LogP contribution in [-0.2, 0) is 4.79 Å². The second kappa shape index (κ2) is 4.57. The molecule has 0 bridgehead atoms. The molecule has 22 heavy (non-hydrogen) atoms. The average molecular weight is 295 g/mol. The van der Waals surface area contributed by atoms with E-state index in [2.05, 4.69) is 26.0 Å². The molecule has 4 aliphatic rings. The molecule has 0 spiro atoms. The van der Waals surface area contributed by atoms with Crippen LogP contribution in [0.4, 0.5) is 0 Å². The maximum absolute atomic E-state index is 11.7. The van der Waals surface area contributed by atoms with E-state index in [1.54, 1.807) is 6.08 Å². The van der Waals surface area contributed by atoms with Gasteiger partial charge in [0.2, 0.25) is 0 Å². The minimum Gasteiger partial charge on any atom is -0.290 e. The van der Waals surface area contributed by atoms with Gasteiger partial charge in [-0.1, -0.05) is 25.5 Å². The van der Waals surface area contributed by atoms with Crippen LogP contribution in [0.2, 0.25) is 0 Å². The SMILES string of the molecule is C[C@]12C=CC(=O)C=C1CC[C@@H]1[C@@H]2CC[C@]2(C)C(C#N)CC[C@@H]12. The van der Waals surface area contributed by atoms with E-state index in [0.717, 1.165) is 18.8 Å². The van der Waals surface area contributed by atoms with Crippen molar-refractivity contribution in [2.24, 2.45) is 34.5 Å². The Hall–Kier alpha value is -1.36. The lowest BCUT2D eigenvalue weighted by atomic mass is 9.48. The van der Waals surface area contributed by atoms with Gasteiger partial charge in [0.1, 0.15) is 0 Å². The molecule has 0 aromatic rings. The second-order valence-electron chi connectivity index (χ2n) is 8.41. The Morgan fingerprint density at radius 2 is 2.00 bits per heavy atom. The molecule has 6 atom stereocenters. The van der Waals surface area contributed by atoms with Crippen LogP contribution in [-0.4, -0.2) is 5.78 Å². The number of ketones is 1. The smallest absolute Gasteiger partial charge is 0.178 e. The maximum Gasteiger partial charge on any atom is 0.178 e. The molecule has 3 fully saturated rings. The molecule has 0 heterocycles. The Morgan fingerprint density at radius 1 is 1.18 bits per heavy atom. The van der Waals surface area contributed by atoms with Crippen LogP contribution in [0.25, 0.3) is 0 Å². The zero-order chi connectivity index (χ0) is 15.5. The topological polar surface area (TPSA) is 40.9 Å². The predicted octanol–water partition coefficient (Wildman–Crippen LogP) is 4.43. The molecule has 0 aromatic carbocycles. The fourth-order valence-corrected chi connectivity index (χ4v) is 6.41. The lowest BCUT2D eigenvalue weighted by Gasteiger charge is -2.56. The standard InChI is InChI=1S/C20H25NO/c1-19-9-7-15(22)11-13(19)3-5-16-17-6-4-14(12-21)20(17,2)10-8-18(16)19/h7,9,11,14,16-18H,3-6,8,10H2,1-2H3/t14?,16-,17-,18-,19-,20+/m0/s1. The third kappa shape index (κ3) is 1.69. The maximum atomic E-state index is 11.7. The molecular formula is C20H25NO. The van der Waals surface area contributed by atoms with Crippen LogP contribution >= 0.6 is 0 Å². The first-order valence-electron chi connectivity index (χ1n) is 8.83. The summed E-state index contributed by atoms with van der Waals surface area (Å²) in [6.45, 7) is 4.72. The van der Waals surface area contributed by atoms with E-state index in [4.69, 9.17) is 0 Å². The van der Waals surface area contributed by atoms with Crippen molar-refractivity contribution in [1.29, 1.82) is 5.26 Å².